The van der Waals surface area contributed by atoms with Gasteiger partial charge < -0.3 is 9.64 Å². The molecule has 0 saturated carbocycles. The molecule has 0 aromatic heterocycles. The van der Waals surface area contributed by atoms with Crippen molar-refractivity contribution in [1.29, 1.82) is 0 Å². The van der Waals surface area contributed by atoms with Gasteiger partial charge in [0.25, 0.3) is 0 Å². The fraction of sp³-hybridized carbons (Fsp3) is 0.357. The van der Waals surface area contributed by atoms with E-state index in [-0.39, 0.29) is 5.91 Å². The molecule has 0 unspecified atom stereocenters. The topological polar surface area (TPSA) is 29.5 Å². The molecule has 2 aliphatic rings. The highest BCUT2D eigenvalue weighted by Gasteiger charge is 2.37. The predicted molar refractivity (Wildman–Crippen MR) is 72.5 cm³/mol. The maximum absolute atomic E-state index is 11.4. The number of nitrogens with zero attached hydrogens (tertiary/aromatic N) is 1. The Labute approximate surface area is 111 Å². The Morgan fingerprint density at radius 1 is 1.39 bits per heavy atom. The van der Waals surface area contributed by atoms with E-state index in [9.17, 15) is 4.79 Å². The van der Waals surface area contributed by atoms with Crippen molar-refractivity contribution in [2.24, 2.45) is 0 Å². The number of fused-ring (bicyclic) bond motifs is 1. The van der Waals surface area contributed by atoms with Gasteiger partial charge in [-0.25, -0.2) is 0 Å². The zero-order valence-electron chi connectivity index (χ0n) is 10.3. The summed E-state index contributed by atoms with van der Waals surface area (Å²) in [6.07, 6.45) is 3.65. The monoisotopic (exact) mass is 261 g/mol. The number of carbonyl (C=O) groups is 1. The third-order valence-electron chi connectivity index (χ3n) is 3.32. The quantitative estimate of drug-likeness (QED) is 0.783. The van der Waals surface area contributed by atoms with Crippen molar-refractivity contribution in [1.82, 2.24) is 4.90 Å². The number of benzene rings is 1. The number of thioether (sulfide) groups is 1. The number of ether oxygens (including phenoxy) is 1. The lowest BCUT2D eigenvalue weighted by molar-refractivity contribution is -0.137. The first-order chi connectivity index (χ1) is 8.76. The van der Waals surface area contributed by atoms with Crippen LogP contribution in [0.2, 0.25) is 0 Å². The van der Waals surface area contributed by atoms with E-state index < -0.39 is 0 Å². The molecule has 1 amide bonds. The molecule has 94 valence electrons. The lowest BCUT2D eigenvalue weighted by Gasteiger charge is -2.41. The second-order valence-corrected chi connectivity index (χ2v) is 5.75. The molecule has 2 aliphatic heterocycles. The van der Waals surface area contributed by atoms with Gasteiger partial charge in [0.2, 0.25) is 5.91 Å². The van der Waals surface area contributed by atoms with Crippen molar-refractivity contribution in [2.45, 2.75) is 18.2 Å². The Kier molecular flexibility index (Phi) is 3.04. The highest BCUT2D eigenvalue weighted by Crippen LogP contribution is 2.36. The van der Waals surface area contributed by atoms with Gasteiger partial charge in [-0.05, 0) is 29.7 Å². The Bertz CT molecular complexity index is 495. The molecule has 0 aliphatic carbocycles. The van der Waals surface area contributed by atoms with E-state index >= 15 is 0 Å². The van der Waals surface area contributed by atoms with Gasteiger partial charge in [-0.15, -0.1) is 11.8 Å². The van der Waals surface area contributed by atoms with Crippen molar-refractivity contribution < 1.29 is 9.53 Å². The van der Waals surface area contributed by atoms with Gasteiger partial charge in [0.05, 0.1) is 18.9 Å². The SMILES string of the molecule is COc1ccc(CC2=CN3C(=O)C[C@@H]3SC2)cc1. The molecular formula is C14H15NO2S. The molecule has 1 aromatic carbocycles. The van der Waals surface area contributed by atoms with Gasteiger partial charge in [0, 0.05) is 12.0 Å². The molecule has 4 heteroatoms. The summed E-state index contributed by atoms with van der Waals surface area (Å²) in [7, 11) is 1.67. The summed E-state index contributed by atoms with van der Waals surface area (Å²) in [5, 5.41) is 0.400. The Balaban J connectivity index is 1.70. The van der Waals surface area contributed by atoms with Gasteiger partial charge >= 0.3 is 0 Å². The molecule has 0 N–H and O–H groups in total. The summed E-state index contributed by atoms with van der Waals surface area (Å²) in [6.45, 7) is 0. The van der Waals surface area contributed by atoms with Crippen LogP contribution in [0.3, 0.4) is 0 Å². The predicted octanol–water partition coefficient (Wildman–Crippen LogP) is 2.43. The van der Waals surface area contributed by atoms with E-state index in [1.54, 1.807) is 7.11 Å². The second kappa shape index (κ2) is 4.69. The van der Waals surface area contributed by atoms with E-state index in [1.807, 2.05) is 35.0 Å². The minimum absolute atomic E-state index is 0.249. The number of hydrogen-bond donors (Lipinski definition) is 0. The van der Waals surface area contributed by atoms with Crippen molar-refractivity contribution in [3.63, 3.8) is 0 Å². The molecular weight excluding hydrogens is 246 g/mol. The average molecular weight is 261 g/mol. The smallest absolute Gasteiger partial charge is 0.230 e. The Morgan fingerprint density at radius 3 is 2.83 bits per heavy atom. The average Bonchev–Trinajstić information content (AvgIpc) is 2.40. The van der Waals surface area contributed by atoms with Crippen LogP contribution in [0.15, 0.2) is 36.0 Å². The number of amides is 1. The summed E-state index contributed by atoms with van der Waals surface area (Å²) >= 11 is 1.86. The highest BCUT2D eigenvalue weighted by molar-refractivity contribution is 8.00. The van der Waals surface area contributed by atoms with Crippen LogP contribution in [0.25, 0.3) is 0 Å². The number of hydrogen-bond acceptors (Lipinski definition) is 3. The summed E-state index contributed by atoms with van der Waals surface area (Å²) in [6, 6.07) is 8.11. The molecule has 18 heavy (non-hydrogen) atoms. The van der Waals surface area contributed by atoms with E-state index in [1.165, 1.54) is 11.1 Å². The number of carbonyl (C=O) groups excluding carboxylic acids is 1. The summed E-state index contributed by atoms with van der Waals surface area (Å²) in [5.41, 5.74) is 2.57. The minimum Gasteiger partial charge on any atom is -0.497 e. The minimum atomic E-state index is 0.249. The van der Waals surface area contributed by atoms with Gasteiger partial charge in [-0.3, -0.25) is 4.79 Å². The van der Waals surface area contributed by atoms with E-state index in [2.05, 4.69) is 12.1 Å². The molecule has 0 bridgehead atoms. The molecule has 1 fully saturated rings. The van der Waals surface area contributed by atoms with Gasteiger partial charge in [-0.1, -0.05) is 12.1 Å². The van der Waals surface area contributed by atoms with Crippen molar-refractivity contribution in [3.05, 3.63) is 41.6 Å². The molecule has 1 aromatic rings. The Hall–Kier alpha value is -1.42. The first-order valence-corrected chi connectivity index (χ1v) is 7.06. The normalized spacial score (nSPS) is 22.1. The maximum atomic E-state index is 11.4. The molecule has 0 spiro atoms. The molecule has 1 atom stereocenters. The van der Waals surface area contributed by atoms with Crippen LogP contribution in [-0.4, -0.2) is 29.0 Å². The summed E-state index contributed by atoms with van der Waals surface area (Å²) in [5.74, 6) is 2.16. The first kappa shape index (κ1) is 11.7. The Morgan fingerprint density at radius 2 is 2.17 bits per heavy atom. The van der Waals surface area contributed by atoms with Crippen LogP contribution in [0.1, 0.15) is 12.0 Å². The van der Waals surface area contributed by atoms with Gasteiger partial charge in [0.1, 0.15) is 5.75 Å². The summed E-state index contributed by atoms with van der Waals surface area (Å²) < 4.78 is 5.14. The first-order valence-electron chi connectivity index (χ1n) is 6.01. The van der Waals surface area contributed by atoms with E-state index in [0.29, 0.717) is 11.8 Å². The lowest BCUT2D eigenvalue weighted by Crippen LogP contribution is -2.49. The number of β-lactam (4-membered cyclic amide) rings is 1. The largest absolute Gasteiger partial charge is 0.497 e. The van der Waals surface area contributed by atoms with Crippen molar-refractivity contribution in [2.75, 3.05) is 12.9 Å². The van der Waals surface area contributed by atoms with Gasteiger partial charge in [0.15, 0.2) is 0 Å². The standard InChI is InChI=1S/C14H15NO2S/c1-17-12-4-2-10(3-5-12)6-11-8-15-13(16)7-14(15)18-9-11/h2-5,8,14H,6-7,9H2,1H3/t14-/m0/s1. The zero-order chi connectivity index (χ0) is 12.5. The molecule has 3 rings (SSSR count). The van der Waals surface area contributed by atoms with Crippen LogP contribution < -0.4 is 4.74 Å². The second-order valence-electron chi connectivity index (χ2n) is 4.58. The van der Waals surface area contributed by atoms with Crippen LogP contribution in [0.4, 0.5) is 0 Å². The lowest BCUT2D eigenvalue weighted by atomic mass is 10.1. The fourth-order valence-corrected chi connectivity index (χ4v) is 3.42. The molecule has 1 saturated heterocycles. The highest BCUT2D eigenvalue weighted by atomic mass is 32.2. The number of methoxy groups -OCH3 is 1. The molecule has 3 nitrogen and oxygen atoms in total. The molecule has 0 radical (unpaired) electrons. The van der Waals surface area contributed by atoms with Crippen LogP contribution in [-0.2, 0) is 11.2 Å². The fourth-order valence-electron chi connectivity index (χ4n) is 2.24. The van der Waals surface area contributed by atoms with E-state index in [0.717, 1.165) is 17.9 Å². The zero-order valence-corrected chi connectivity index (χ0v) is 11.1. The van der Waals surface area contributed by atoms with Crippen LogP contribution in [0.5, 0.6) is 5.75 Å². The number of rotatable bonds is 3. The third kappa shape index (κ3) is 2.12. The van der Waals surface area contributed by atoms with Crippen LogP contribution >= 0.6 is 11.8 Å². The summed E-state index contributed by atoms with van der Waals surface area (Å²) in [4.78, 5) is 13.3. The maximum Gasteiger partial charge on any atom is 0.230 e. The molecule has 2 heterocycles. The van der Waals surface area contributed by atoms with Crippen molar-refractivity contribution in [3.8, 4) is 5.75 Å². The third-order valence-corrected chi connectivity index (χ3v) is 4.64. The van der Waals surface area contributed by atoms with Gasteiger partial charge in [-0.2, -0.15) is 0 Å². The van der Waals surface area contributed by atoms with Crippen molar-refractivity contribution >= 4 is 17.7 Å². The van der Waals surface area contributed by atoms with Crippen LogP contribution in [0, 0.1) is 0 Å². The van der Waals surface area contributed by atoms with E-state index in [4.69, 9.17) is 4.74 Å².